The fourth-order valence-electron chi connectivity index (χ4n) is 7.82. The molecule has 3 aliphatic rings. The number of ketones is 1. The van der Waals surface area contributed by atoms with Crippen molar-refractivity contribution in [2.75, 3.05) is 33.0 Å². The molecule has 0 aromatic rings. The average Bonchev–Trinajstić information content (AvgIpc) is 3.30. The molecular formula is C36H58O6. The highest BCUT2D eigenvalue weighted by molar-refractivity contribution is 5.79. The van der Waals surface area contributed by atoms with Crippen LogP contribution >= 0.6 is 0 Å². The van der Waals surface area contributed by atoms with Crippen molar-refractivity contribution >= 4 is 12.1 Å². The van der Waals surface area contributed by atoms with Crippen LogP contribution in [0.3, 0.4) is 0 Å². The zero-order valence-corrected chi connectivity index (χ0v) is 27.0. The maximum absolute atomic E-state index is 12.0. The molecule has 0 amide bonds. The van der Waals surface area contributed by atoms with E-state index in [1.54, 1.807) is 5.57 Å². The summed E-state index contributed by atoms with van der Waals surface area (Å²) in [5, 5.41) is 10.1. The summed E-state index contributed by atoms with van der Waals surface area (Å²) in [5.74, 6) is 2.21. The Bertz CT molecular complexity index is 943. The van der Waals surface area contributed by atoms with Crippen LogP contribution in [0.4, 0.5) is 0 Å². The lowest BCUT2D eigenvalue weighted by molar-refractivity contribution is -0.125. The molecule has 3 aliphatic carbocycles. The van der Waals surface area contributed by atoms with Gasteiger partial charge in [0.1, 0.15) is 19.5 Å². The fraction of sp³-hybridized carbons (Fsp3) is 0.778. The van der Waals surface area contributed by atoms with E-state index in [2.05, 4.69) is 32.6 Å². The van der Waals surface area contributed by atoms with Crippen molar-refractivity contribution in [3.8, 4) is 0 Å². The average molecular weight is 587 g/mol. The summed E-state index contributed by atoms with van der Waals surface area (Å²) in [4.78, 5) is 22.3. The Morgan fingerprint density at radius 3 is 2.67 bits per heavy atom. The zero-order valence-electron chi connectivity index (χ0n) is 27.0. The van der Waals surface area contributed by atoms with Crippen molar-refractivity contribution in [3.63, 3.8) is 0 Å². The van der Waals surface area contributed by atoms with E-state index in [0.29, 0.717) is 56.2 Å². The largest absolute Gasteiger partial charge is 0.390 e. The summed E-state index contributed by atoms with van der Waals surface area (Å²) >= 11 is 0. The Morgan fingerprint density at radius 2 is 1.90 bits per heavy atom. The van der Waals surface area contributed by atoms with Crippen LogP contribution in [0, 0.1) is 23.2 Å². The molecule has 3 saturated carbocycles. The minimum Gasteiger partial charge on any atom is -0.390 e. The highest BCUT2D eigenvalue weighted by Gasteiger charge is 2.50. The minimum atomic E-state index is -0.562. The van der Waals surface area contributed by atoms with Gasteiger partial charge in [-0.15, -0.1) is 0 Å². The van der Waals surface area contributed by atoms with Crippen molar-refractivity contribution in [3.05, 3.63) is 35.5 Å². The van der Waals surface area contributed by atoms with Crippen LogP contribution in [0.25, 0.3) is 0 Å². The first-order valence-electron chi connectivity index (χ1n) is 16.6. The van der Waals surface area contributed by atoms with Crippen molar-refractivity contribution < 1.29 is 28.9 Å². The smallest absolute Gasteiger partial charge is 0.158 e. The van der Waals surface area contributed by atoms with Gasteiger partial charge in [0.05, 0.1) is 24.9 Å². The van der Waals surface area contributed by atoms with Crippen molar-refractivity contribution in [2.24, 2.45) is 23.2 Å². The summed E-state index contributed by atoms with van der Waals surface area (Å²) in [6.07, 6.45) is 19.3. The van der Waals surface area contributed by atoms with E-state index in [-0.39, 0.29) is 25.1 Å². The maximum atomic E-state index is 12.0. The van der Waals surface area contributed by atoms with Gasteiger partial charge in [0.2, 0.25) is 0 Å². The third-order valence-electron chi connectivity index (χ3n) is 10.1. The van der Waals surface area contributed by atoms with Gasteiger partial charge in [-0.05, 0) is 107 Å². The number of carbonyl (C=O) groups is 2. The molecular weight excluding hydrogens is 528 g/mol. The SMILES string of the molecule is C=C1CC[C@H](OCCCC(=O)COCCOCC=O)C/C1=C/C=C1\CCC[C@]2(C)[C@@H]([C@H](C)CCCC(C)(C)O)CC[C@@H]12. The first-order chi connectivity index (χ1) is 20.0. The second-order valence-corrected chi connectivity index (χ2v) is 14.0. The van der Waals surface area contributed by atoms with Crippen LogP contribution in [-0.2, 0) is 23.8 Å². The molecule has 42 heavy (non-hydrogen) atoms. The Hall–Kier alpha value is -1.60. The van der Waals surface area contributed by atoms with E-state index >= 15 is 0 Å². The normalized spacial score (nSPS) is 29.2. The highest BCUT2D eigenvalue weighted by atomic mass is 16.5. The number of allylic oxidation sites excluding steroid dienone is 4. The number of fused-ring (bicyclic) bond motifs is 1. The molecule has 0 spiro atoms. The third-order valence-corrected chi connectivity index (χ3v) is 10.1. The second-order valence-electron chi connectivity index (χ2n) is 14.0. The number of aldehydes is 1. The summed E-state index contributed by atoms with van der Waals surface area (Å²) in [6, 6.07) is 0. The maximum Gasteiger partial charge on any atom is 0.158 e. The lowest BCUT2D eigenvalue weighted by atomic mass is 9.60. The number of rotatable bonds is 18. The predicted octanol–water partition coefficient (Wildman–Crippen LogP) is 7.34. The first-order valence-corrected chi connectivity index (χ1v) is 16.6. The van der Waals surface area contributed by atoms with Gasteiger partial charge in [0, 0.05) is 13.0 Å². The van der Waals surface area contributed by atoms with Crippen molar-refractivity contribution in [1.29, 1.82) is 0 Å². The molecule has 3 rings (SSSR count). The molecule has 0 unspecified atom stereocenters. The van der Waals surface area contributed by atoms with Gasteiger partial charge in [-0.1, -0.05) is 56.6 Å². The summed E-state index contributed by atoms with van der Waals surface area (Å²) in [5.41, 5.74) is 4.02. The molecule has 0 aromatic heterocycles. The molecule has 1 N–H and O–H groups in total. The van der Waals surface area contributed by atoms with E-state index in [1.807, 2.05) is 13.8 Å². The van der Waals surface area contributed by atoms with Crippen LogP contribution in [0.15, 0.2) is 35.5 Å². The molecule has 0 aliphatic heterocycles. The number of hydrogen-bond donors (Lipinski definition) is 1. The highest BCUT2D eigenvalue weighted by Crippen LogP contribution is 2.60. The van der Waals surface area contributed by atoms with Crippen molar-refractivity contribution in [2.45, 2.75) is 123 Å². The molecule has 5 atom stereocenters. The Balaban J connectivity index is 1.46. The molecule has 238 valence electrons. The molecule has 0 saturated heterocycles. The molecule has 0 bridgehead atoms. The van der Waals surface area contributed by atoms with Crippen LogP contribution < -0.4 is 0 Å². The fourth-order valence-corrected chi connectivity index (χ4v) is 7.82. The Morgan fingerprint density at radius 1 is 1.12 bits per heavy atom. The zero-order chi connectivity index (χ0) is 30.6. The first kappa shape index (κ1) is 34.9. The van der Waals surface area contributed by atoms with Gasteiger partial charge >= 0.3 is 0 Å². The summed E-state index contributed by atoms with van der Waals surface area (Å²) in [7, 11) is 0. The molecule has 0 aromatic carbocycles. The van der Waals surface area contributed by atoms with Crippen molar-refractivity contribution in [1.82, 2.24) is 0 Å². The standard InChI is InChI=1S/C36H58O6/c1-27-12-15-32(42-21-8-11-31(38)26-41-24-23-40-22-20-37)25-30(27)14-13-29-10-7-19-36(5)33(16-17-34(29)36)28(2)9-6-18-35(3,4)39/h13-14,20,28,32-34,39H,1,6-12,15-19,21-26H2,2-5H3/b29-13+,30-14-/t28-,32+,33-,34+,36-/m1/s1. The number of ether oxygens (including phenoxy) is 3. The number of carbonyl (C=O) groups excluding carboxylic acids is 2. The monoisotopic (exact) mass is 586 g/mol. The van der Waals surface area contributed by atoms with Gasteiger partial charge in [-0.25, -0.2) is 0 Å². The quantitative estimate of drug-likeness (QED) is 0.134. The van der Waals surface area contributed by atoms with Gasteiger partial charge in [0.15, 0.2) is 5.78 Å². The summed E-state index contributed by atoms with van der Waals surface area (Å²) in [6.45, 7) is 14.6. The lowest BCUT2D eigenvalue weighted by Gasteiger charge is -2.44. The van der Waals surface area contributed by atoms with Gasteiger partial charge in [0.25, 0.3) is 0 Å². The molecule has 0 heterocycles. The summed E-state index contributed by atoms with van der Waals surface area (Å²) < 4.78 is 16.5. The van der Waals surface area contributed by atoms with Crippen LogP contribution in [-0.4, -0.2) is 61.9 Å². The van der Waals surface area contributed by atoms with Gasteiger partial charge in [-0.2, -0.15) is 0 Å². The third kappa shape index (κ3) is 10.8. The van der Waals surface area contributed by atoms with Gasteiger partial charge in [-0.3, -0.25) is 4.79 Å². The van der Waals surface area contributed by atoms with E-state index < -0.39 is 5.60 Å². The molecule has 6 nitrogen and oxygen atoms in total. The molecule has 0 radical (unpaired) electrons. The lowest BCUT2D eigenvalue weighted by Crippen LogP contribution is -2.36. The van der Waals surface area contributed by atoms with Crippen LogP contribution in [0.1, 0.15) is 111 Å². The topological polar surface area (TPSA) is 82.1 Å². The number of Topliss-reactive ketones (excluding diaryl/α,β-unsaturated/α-hetero) is 1. The van der Waals surface area contributed by atoms with Crippen LogP contribution in [0.2, 0.25) is 0 Å². The van der Waals surface area contributed by atoms with E-state index in [4.69, 9.17) is 14.2 Å². The Labute approximate surface area is 255 Å². The number of hydrogen-bond acceptors (Lipinski definition) is 6. The molecule has 6 heteroatoms. The Kier molecular flexibility index (Phi) is 14.1. The van der Waals surface area contributed by atoms with E-state index in [1.165, 1.54) is 49.7 Å². The van der Waals surface area contributed by atoms with E-state index in [0.717, 1.165) is 38.0 Å². The van der Waals surface area contributed by atoms with Gasteiger partial charge < -0.3 is 24.1 Å². The number of aliphatic hydroxyl groups is 1. The minimum absolute atomic E-state index is 0.0590. The van der Waals surface area contributed by atoms with E-state index in [9.17, 15) is 14.7 Å². The molecule has 3 fully saturated rings. The van der Waals surface area contributed by atoms with Crippen LogP contribution in [0.5, 0.6) is 0 Å². The predicted molar refractivity (Wildman–Crippen MR) is 168 cm³/mol. The second kappa shape index (κ2) is 17.0.